The average molecular weight is 444 g/mol. The topological polar surface area (TPSA) is 56.7 Å². The summed E-state index contributed by atoms with van der Waals surface area (Å²) in [7, 11) is 0. The second-order valence-electron chi connectivity index (χ2n) is 6.08. The number of pyridine rings is 2. The highest BCUT2D eigenvalue weighted by Crippen LogP contribution is 2.31. The molecule has 0 aliphatic carbocycles. The third-order valence-electron chi connectivity index (χ3n) is 4.45. The smallest absolute Gasteiger partial charge is 0.143 e. The first-order chi connectivity index (χ1) is 12.1. The van der Waals surface area contributed by atoms with Crippen LogP contribution >= 0.6 is 22.6 Å². The molecule has 126 valence electrons. The molecule has 0 spiro atoms. The summed E-state index contributed by atoms with van der Waals surface area (Å²) in [5, 5.41) is 5.19. The Hall–Kier alpha value is -2.22. The number of nitrogens with zero attached hydrogens (tertiary/aromatic N) is 4. The molecule has 5 nitrogen and oxygen atoms in total. The van der Waals surface area contributed by atoms with Gasteiger partial charge in [-0.3, -0.25) is 4.98 Å². The lowest BCUT2D eigenvalue weighted by Gasteiger charge is -2.14. The second-order valence-corrected chi connectivity index (χ2v) is 7.24. The summed E-state index contributed by atoms with van der Waals surface area (Å²) in [6, 6.07) is 10.2. The third-order valence-corrected chi connectivity index (χ3v) is 5.31. The van der Waals surface area contributed by atoms with Crippen LogP contribution in [-0.4, -0.2) is 19.7 Å². The first-order valence-electron chi connectivity index (χ1n) is 8.07. The Morgan fingerprint density at radius 1 is 1.16 bits per heavy atom. The molecule has 0 bridgehead atoms. The summed E-state index contributed by atoms with van der Waals surface area (Å²) in [4.78, 5) is 9.43. The van der Waals surface area contributed by atoms with Gasteiger partial charge in [0, 0.05) is 21.4 Å². The van der Waals surface area contributed by atoms with Crippen molar-refractivity contribution < 1.29 is 4.52 Å². The van der Waals surface area contributed by atoms with Crippen molar-refractivity contribution in [1.29, 1.82) is 0 Å². The molecule has 0 N–H and O–H groups in total. The minimum Gasteiger partial charge on any atom is -0.361 e. The number of hydrogen-bond acceptors (Lipinski definition) is 4. The van der Waals surface area contributed by atoms with Crippen LogP contribution in [0.15, 0.2) is 47.2 Å². The zero-order valence-electron chi connectivity index (χ0n) is 14.2. The molecule has 0 saturated carbocycles. The molecule has 4 heterocycles. The van der Waals surface area contributed by atoms with Gasteiger partial charge in [-0.2, -0.15) is 0 Å². The average Bonchev–Trinajstić information content (AvgIpc) is 3.14. The molecule has 4 aromatic heterocycles. The maximum atomic E-state index is 5.31. The van der Waals surface area contributed by atoms with E-state index in [1.165, 1.54) is 3.57 Å². The van der Waals surface area contributed by atoms with Crippen molar-refractivity contribution in [2.45, 2.75) is 26.8 Å². The van der Waals surface area contributed by atoms with Gasteiger partial charge in [0.2, 0.25) is 0 Å². The molecule has 0 fully saturated rings. The number of hydrogen-bond donors (Lipinski definition) is 0. The molecule has 0 amide bonds. The first kappa shape index (κ1) is 16.3. The van der Waals surface area contributed by atoms with Gasteiger partial charge in [-0.25, -0.2) is 4.98 Å². The van der Waals surface area contributed by atoms with Gasteiger partial charge in [-0.1, -0.05) is 11.2 Å². The van der Waals surface area contributed by atoms with Gasteiger partial charge >= 0.3 is 0 Å². The van der Waals surface area contributed by atoms with Crippen LogP contribution in [0.1, 0.15) is 30.1 Å². The van der Waals surface area contributed by atoms with E-state index < -0.39 is 0 Å². The van der Waals surface area contributed by atoms with Crippen molar-refractivity contribution in [3.8, 4) is 11.3 Å². The second kappa shape index (κ2) is 6.25. The van der Waals surface area contributed by atoms with Gasteiger partial charge in [-0.05, 0) is 67.6 Å². The van der Waals surface area contributed by atoms with E-state index in [9.17, 15) is 0 Å². The Bertz CT molecular complexity index is 1030. The molecule has 0 aromatic carbocycles. The van der Waals surface area contributed by atoms with E-state index in [4.69, 9.17) is 9.51 Å². The van der Waals surface area contributed by atoms with Gasteiger partial charge < -0.3 is 9.09 Å². The lowest BCUT2D eigenvalue weighted by molar-refractivity contribution is 0.393. The van der Waals surface area contributed by atoms with Crippen molar-refractivity contribution in [2.24, 2.45) is 0 Å². The van der Waals surface area contributed by atoms with Gasteiger partial charge in [0.15, 0.2) is 0 Å². The summed E-state index contributed by atoms with van der Waals surface area (Å²) in [5.41, 5.74) is 4.66. The lowest BCUT2D eigenvalue weighted by atomic mass is 10.1. The zero-order valence-corrected chi connectivity index (χ0v) is 16.4. The summed E-state index contributed by atoms with van der Waals surface area (Å²) in [6.07, 6.45) is 3.96. The predicted molar refractivity (Wildman–Crippen MR) is 105 cm³/mol. The molecule has 25 heavy (non-hydrogen) atoms. The fourth-order valence-electron chi connectivity index (χ4n) is 3.13. The van der Waals surface area contributed by atoms with Crippen LogP contribution in [0.4, 0.5) is 0 Å². The zero-order chi connectivity index (χ0) is 17.6. The van der Waals surface area contributed by atoms with E-state index in [0.717, 1.165) is 39.4 Å². The van der Waals surface area contributed by atoms with E-state index in [0.29, 0.717) is 0 Å². The Labute approximate surface area is 159 Å². The standard InChI is InChI=1S/C19H17IN4O/c1-11-18(13(3)25-23-11)17-8-7-14-15(20)10-24(19(14)22-17)12(2)16-6-4-5-9-21-16/h4-10,12H,1-3H3/t12-/m0/s1. The van der Waals surface area contributed by atoms with Crippen LogP contribution in [0.5, 0.6) is 0 Å². The van der Waals surface area contributed by atoms with Crippen LogP contribution in [0.2, 0.25) is 0 Å². The maximum absolute atomic E-state index is 5.31. The molecule has 0 saturated heterocycles. The minimum absolute atomic E-state index is 0.0969. The van der Waals surface area contributed by atoms with Crippen LogP contribution < -0.4 is 0 Å². The minimum atomic E-state index is 0.0969. The van der Waals surface area contributed by atoms with E-state index >= 15 is 0 Å². The van der Waals surface area contributed by atoms with Crippen LogP contribution in [0.25, 0.3) is 22.3 Å². The first-order valence-corrected chi connectivity index (χ1v) is 9.15. The predicted octanol–water partition coefficient (Wildman–Crippen LogP) is 4.92. The maximum Gasteiger partial charge on any atom is 0.143 e. The summed E-state index contributed by atoms with van der Waals surface area (Å²) < 4.78 is 8.66. The van der Waals surface area contributed by atoms with Crippen molar-refractivity contribution in [3.63, 3.8) is 0 Å². The van der Waals surface area contributed by atoms with Crippen molar-refractivity contribution in [3.05, 3.63) is 63.4 Å². The monoisotopic (exact) mass is 444 g/mol. The van der Waals surface area contributed by atoms with Crippen LogP contribution in [-0.2, 0) is 0 Å². The number of aromatic nitrogens is 4. The molecule has 1 atom stereocenters. The molecule has 0 aliphatic heterocycles. The van der Waals surface area contributed by atoms with Crippen LogP contribution in [0.3, 0.4) is 0 Å². The summed E-state index contributed by atoms with van der Waals surface area (Å²) >= 11 is 2.36. The lowest BCUT2D eigenvalue weighted by Crippen LogP contribution is -2.08. The van der Waals surface area contributed by atoms with E-state index in [-0.39, 0.29) is 6.04 Å². The number of halogens is 1. The molecule has 4 rings (SSSR count). The molecule has 0 unspecified atom stereocenters. The van der Waals surface area contributed by atoms with Crippen molar-refractivity contribution in [1.82, 2.24) is 19.7 Å². The molecule has 6 heteroatoms. The Morgan fingerprint density at radius 2 is 2.00 bits per heavy atom. The Morgan fingerprint density at radius 3 is 2.68 bits per heavy atom. The molecule has 0 radical (unpaired) electrons. The normalized spacial score (nSPS) is 12.6. The highest BCUT2D eigenvalue weighted by molar-refractivity contribution is 14.1. The number of rotatable bonds is 3. The van der Waals surface area contributed by atoms with Crippen molar-refractivity contribution in [2.75, 3.05) is 0 Å². The largest absolute Gasteiger partial charge is 0.361 e. The molecular weight excluding hydrogens is 427 g/mol. The SMILES string of the molecule is Cc1noc(C)c1-c1ccc2c(I)cn([C@@H](C)c3ccccn3)c2n1. The quantitative estimate of drug-likeness (QED) is 0.421. The van der Waals surface area contributed by atoms with Gasteiger partial charge in [0.25, 0.3) is 0 Å². The van der Waals surface area contributed by atoms with Gasteiger partial charge in [0.05, 0.1) is 28.7 Å². The van der Waals surface area contributed by atoms with E-state index in [1.807, 2.05) is 44.3 Å². The fourth-order valence-corrected chi connectivity index (χ4v) is 3.85. The third kappa shape index (κ3) is 2.74. The Balaban J connectivity index is 1.90. The van der Waals surface area contributed by atoms with Crippen molar-refractivity contribution >= 4 is 33.6 Å². The van der Waals surface area contributed by atoms with Gasteiger partial charge in [0.1, 0.15) is 11.4 Å². The number of fused-ring (bicyclic) bond motifs is 1. The summed E-state index contributed by atoms with van der Waals surface area (Å²) in [6.45, 7) is 6.00. The van der Waals surface area contributed by atoms with Crippen LogP contribution in [0, 0.1) is 17.4 Å². The highest BCUT2D eigenvalue weighted by atomic mass is 127. The highest BCUT2D eigenvalue weighted by Gasteiger charge is 2.18. The fraction of sp³-hybridized carbons (Fsp3) is 0.211. The molecule has 0 aliphatic rings. The molecule has 4 aromatic rings. The summed E-state index contributed by atoms with van der Waals surface area (Å²) in [5.74, 6) is 0.787. The van der Waals surface area contributed by atoms with E-state index in [1.54, 1.807) is 0 Å². The molecular formula is C19H17IN4O. The number of aryl methyl sites for hydroxylation is 2. The van der Waals surface area contributed by atoms with Gasteiger partial charge in [-0.15, -0.1) is 0 Å². The van der Waals surface area contributed by atoms with E-state index in [2.05, 4.69) is 56.5 Å². The Kier molecular flexibility index (Phi) is 4.07.